The van der Waals surface area contributed by atoms with Crippen molar-refractivity contribution in [1.82, 2.24) is 10.2 Å². The van der Waals surface area contributed by atoms with E-state index >= 15 is 0 Å². The van der Waals surface area contributed by atoms with Crippen molar-refractivity contribution in [3.63, 3.8) is 0 Å². The van der Waals surface area contributed by atoms with E-state index < -0.39 is 0 Å². The Morgan fingerprint density at radius 2 is 1.47 bits per heavy atom. The van der Waals surface area contributed by atoms with Crippen molar-refractivity contribution in [3.05, 3.63) is 76.4 Å². The molecule has 202 valence electrons. The molecule has 1 saturated carbocycles. The van der Waals surface area contributed by atoms with Gasteiger partial charge in [0.2, 0.25) is 11.8 Å². The molecule has 0 radical (unpaired) electrons. The molecule has 0 unspecified atom stereocenters. The number of fused-ring (bicyclic) bond motifs is 2. The SMILES string of the molecule is O=C(N[C@H](CO)CCC(=O)N1CCC(=C2c3ccccc3C=Cc3ccccc32)CC1)C1CCCCC1.S. The fraction of sp³-hybridized carbons (Fsp3) is 0.438. The number of carbonyl (C=O) groups excluding carboxylic acids is 2. The molecule has 1 heterocycles. The number of carbonyl (C=O) groups is 2. The summed E-state index contributed by atoms with van der Waals surface area (Å²) in [6.07, 6.45) is 12.2. The third kappa shape index (κ3) is 6.41. The van der Waals surface area contributed by atoms with E-state index in [9.17, 15) is 14.7 Å². The second kappa shape index (κ2) is 13.3. The Morgan fingerprint density at radius 3 is 2.05 bits per heavy atom. The molecule has 2 aromatic rings. The first kappa shape index (κ1) is 28.2. The molecule has 0 spiro atoms. The number of rotatable bonds is 6. The van der Waals surface area contributed by atoms with Gasteiger partial charge in [-0.15, -0.1) is 0 Å². The Kier molecular flexibility index (Phi) is 9.86. The van der Waals surface area contributed by atoms with Gasteiger partial charge in [0.05, 0.1) is 12.6 Å². The van der Waals surface area contributed by atoms with Crippen LogP contribution in [0.4, 0.5) is 0 Å². The molecule has 2 aromatic carbocycles. The normalized spacial score (nSPS) is 18.1. The molecular weight excluding hydrogens is 492 g/mol. The molecule has 5 nitrogen and oxygen atoms in total. The van der Waals surface area contributed by atoms with Crippen LogP contribution in [0.15, 0.2) is 54.1 Å². The van der Waals surface area contributed by atoms with Gasteiger partial charge in [-0.2, -0.15) is 13.5 Å². The van der Waals surface area contributed by atoms with Crippen molar-refractivity contribution in [2.24, 2.45) is 5.92 Å². The van der Waals surface area contributed by atoms with Crippen LogP contribution in [0, 0.1) is 5.92 Å². The highest BCUT2D eigenvalue weighted by molar-refractivity contribution is 7.59. The summed E-state index contributed by atoms with van der Waals surface area (Å²) >= 11 is 0. The number of likely N-dealkylation sites (tertiary alicyclic amines) is 1. The van der Waals surface area contributed by atoms with Gasteiger partial charge in [-0.1, -0.05) is 85.5 Å². The number of nitrogens with zero attached hydrogens (tertiary/aromatic N) is 1. The molecule has 0 bridgehead atoms. The molecule has 2 amide bonds. The summed E-state index contributed by atoms with van der Waals surface area (Å²) < 4.78 is 0. The first-order chi connectivity index (χ1) is 18.1. The number of hydrogen-bond acceptors (Lipinski definition) is 3. The maximum atomic E-state index is 13.0. The van der Waals surface area contributed by atoms with E-state index in [2.05, 4.69) is 66.0 Å². The zero-order chi connectivity index (χ0) is 25.6. The minimum Gasteiger partial charge on any atom is -0.394 e. The third-order valence-electron chi connectivity index (χ3n) is 8.23. The van der Waals surface area contributed by atoms with Gasteiger partial charge in [-0.3, -0.25) is 9.59 Å². The van der Waals surface area contributed by atoms with Crippen LogP contribution in [0.2, 0.25) is 0 Å². The van der Waals surface area contributed by atoms with Gasteiger partial charge in [0, 0.05) is 25.4 Å². The monoisotopic (exact) mass is 532 g/mol. The van der Waals surface area contributed by atoms with Crippen LogP contribution in [0.5, 0.6) is 0 Å². The third-order valence-corrected chi connectivity index (χ3v) is 8.23. The highest BCUT2D eigenvalue weighted by Gasteiger charge is 2.26. The van der Waals surface area contributed by atoms with Gasteiger partial charge in [0.1, 0.15) is 0 Å². The van der Waals surface area contributed by atoms with Crippen molar-refractivity contribution in [2.75, 3.05) is 19.7 Å². The van der Waals surface area contributed by atoms with E-state index in [0.29, 0.717) is 25.9 Å². The Hall–Kier alpha value is -2.83. The predicted molar refractivity (Wildman–Crippen MR) is 159 cm³/mol. The van der Waals surface area contributed by atoms with E-state index in [1.54, 1.807) is 0 Å². The summed E-state index contributed by atoms with van der Waals surface area (Å²) in [6, 6.07) is 16.8. The van der Waals surface area contributed by atoms with Gasteiger partial charge in [0.15, 0.2) is 0 Å². The summed E-state index contributed by atoms with van der Waals surface area (Å²) in [6.45, 7) is 1.27. The zero-order valence-corrected chi connectivity index (χ0v) is 23.1. The van der Waals surface area contributed by atoms with Gasteiger partial charge in [-0.05, 0) is 59.9 Å². The fourth-order valence-electron chi connectivity index (χ4n) is 6.07. The second-order valence-electron chi connectivity index (χ2n) is 10.6. The minimum absolute atomic E-state index is 0. The minimum atomic E-state index is -0.354. The second-order valence-corrected chi connectivity index (χ2v) is 10.6. The average Bonchev–Trinajstić information content (AvgIpc) is 3.12. The van der Waals surface area contributed by atoms with Crippen LogP contribution < -0.4 is 5.32 Å². The van der Waals surface area contributed by atoms with Crippen LogP contribution in [0.1, 0.15) is 80.0 Å². The lowest BCUT2D eigenvalue weighted by Crippen LogP contribution is -2.43. The topological polar surface area (TPSA) is 69.6 Å². The van der Waals surface area contributed by atoms with E-state index in [1.165, 1.54) is 39.8 Å². The first-order valence-corrected chi connectivity index (χ1v) is 13.9. The lowest BCUT2D eigenvalue weighted by molar-refractivity contribution is -0.132. The summed E-state index contributed by atoms with van der Waals surface area (Å²) in [4.78, 5) is 27.6. The van der Waals surface area contributed by atoms with E-state index in [-0.39, 0.29) is 43.9 Å². The molecule has 2 fully saturated rings. The largest absolute Gasteiger partial charge is 0.394 e. The molecular formula is C32H40N2O3S. The molecule has 2 aliphatic carbocycles. The standard InChI is InChI=1S/C32H38N2O3.H2S/c35-22-27(33-32(37)26-10-2-1-3-11-26)16-17-30(36)34-20-18-25(19-21-34)31-28-12-6-4-8-23(28)14-15-24-9-5-7-13-29(24)31;/h4-9,12-15,26-27,35H,1-3,10-11,16-22H2,(H,33,37);1H2/t27-;/m0./s1. The molecule has 2 N–H and O–H groups in total. The highest BCUT2D eigenvalue weighted by atomic mass is 32.1. The number of hydrogen-bond donors (Lipinski definition) is 2. The van der Waals surface area contributed by atoms with Crippen LogP contribution >= 0.6 is 13.5 Å². The number of benzene rings is 2. The van der Waals surface area contributed by atoms with Crippen LogP contribution in [-0.2, 0) is 9.59 Å². The molecule has 3 aliphatic rings. The van der Waals surface area contributed by atoms with Crippen molar-refractivity contribution in [3.8, 4) is 0 Å². The molecule has 1 aliphatic heterocycles. The van der Waals surface area contributed by atoms with Crippen molar-refractivity contribution < 1.29 is 14.7 Å². The molecule has 38 heavy (non-hydrogen) atoms. The molecule has 6 heteroatoms. The van der Waals surface area contributed by atoms with Crippen LogP contribution in [0.25, 0.3) is 17.7 Å². The summed E-state index contributed by atoms with van der Waals surface area (Å²) in [5.41, 5.74) is 7.70. The van der Waals surface area contributed by atoms with Gasteiger partial charge in [-0.25, -0.2) is 0 Å². The number of nitrogens with one attached hydrogen (secondary N) is 1. The Labute approximate surface area is 233 Å². The molecule has 5 rings (SSSR count). The van der Waals surface area contributed by atoms with Crippen LogP contribution in [-0.4, -0.2) is 47.6 Å². The number of aliphatic hydroxyl groups is 1. The predicted octanol–water partition coefficient (Wildman–Crippen LogP) is 5.55. The molecule has 1 saturated heterocycles. The Balaban J connectivity index is 0.00000336. The van der Waals surface area contributed by atoms with Gasteiger partial charge < -0.3 is 15.3 Å². The molecule has 1 atom stereocenters. The first-order valence-electron chi connectivity index (χ1n) is 13.9. The maximum absolute atomic E-state index is 13.0. The van der Waals surface area contributed by atoms with Crippen molar-refractivity contribution in [1.29, 1.82) is 0 Å². The number of aliphatic hydroxyl groups excluding tert-OH is 1. The lowest BCUT2D eigenvalue weighted by Gasteiger charge is -2.31. The summed E-state index contributed by atoms with van der Waals surface area (Å²) in [5.74, 6) is 0.207. The summed E-state index contributed by atoms with van der Waals surface area (Å²) in [5, 5.41) is 12.8. The fourth-order valence-corrected chi connectivity index (χ4v) is 6.07. The molecule has 0 aromatic heterocycles. The van der Waals surface area contributed by atoms with Crippen molar-refractivity contribution >= 4 is 43.0 Å². The van der Waals surface area contributed by atoms with Crippen molar-refractivity contribution in [2.45, 2.75) is 63.8 Å². The number of piperidine rings is 1. The summed E-state index contributed by atoms with van der Waals surface area (Å²) in [7, 11) is 0. The average molecular weight is 533 g/mol. The zero-order valence-electron chi connectivity index (χ0n) is 22.1. The number of amides is 2. The van der Waals surface area contributed by atoms with Crippen LogP contribution in [0.3, 0.4) is 0 Å². The Bertz CT molecular complexity index is 1140. The lowest BCUT2D eigenvalue weighted by atomic mass is 9.86. The quantitative estimate of drug-likeness (QED) is 0.438. The van der Waals surface area contributed by atoms with Gasteiger partial charge >= 0.3 is 0 Å². The van der Waals surface area contributed by atoms with Gasteiger partial charge in [0.25, 0.3) is 0 Å². The maximum Gasteiger partial charge on any atom is 0.223 e. The van der Waals surface area contributed by atoms with E-state index in [4.69, 9.17) is 0 Å². The smallest absolute Gasteiger partial charge is 0.223 e. The van der Waals surface area contributed by atoms with E-state index in [0.717, 1.165) is 38.5 Å². The van der Waals surface area contributed by atoms with E-state index in [1.807, 2.05) is 4.90 Å². The highest BCUT2D eigenvalue weighted by Crippen LogP contribution is 2.38. The Morgan fingerprint density at radius 1 is 0.895 bits per heavy atom.